The van der Waals surface area contributed by atoms with Gasteiger partial charge in [0.05, 0.1) is 6.61 Å². The summed E-state index contributed by atoms with van der Waals surface area (Å²) in [6.45, 7) is 5.37. The standard InChI is InChI=1S/C17H21INO6P/c1-3-13-10-17(13,26(23,24-4-2)11-14(20)21)19-16(22)25-15(18)12-8-6-5-7-9-12/h3,5-9,13,15H,1,4,10-11H2,2H3,(H,19,22)(H,20,21). The number of rotatable bonds is 9. The SMILES string of the molecule is C=CC1CC1(NC(=O)OC(I)c1ccccc1)P(=O)(CC(=O)O)OCC. The van der Waals surface area contributed by atoms with E-state index in [2.05, 4.69) is 11.9 Å². The fourth-order valence-corrected chi connectivity index (χ4v) is 6.21. The summed E-state index contributed by atoms with van der Waals surface area (Å²) in [7, 11) is -3.69. The normalized spacial score (nSPS) is 24.8. The highest BCUT2D eigenvalue weighted by molar-refractivity contribution is 14.1. The van der Waals surface area contributed by atoms with Gasteiger partial charge in [0, 0.05) is 11.5 Å². The van der Waals surface area contributed by atoms with E-state index in [1.807, 2.05) is 52.9 Å². The molecule has 1 amide bonds. The van der Waals surface area contributed by atoms with Crippen molar-refractivity contribution in [2.75, 3.05) is 12.8 Å². The number of carboxylic acids is 1. The quantitative estimate of drug-likeness (QED) is 0.232. The molecule has 2 N–H and O–H groups in total. The largest absolute Gasteiger partial charge is 0.481 e. The Morgan fingerprint density at radius 1 is 1.50 bits per heavy atom. The van der Waals surface area contributed by atoms with Crippen molar-refractivity contribution in [2.45, 2.75) is 22.7 Å². The van der Waals surface area contributed by atoms with E-state index >= 15 is 0 Å². The van der Waals surface area contributed by atoms with Gasteiger partial charge >= 0.3 is 12.1 Å². The molecule has 26 heavy (non-hydrogen) atoms. The number of ether oxygens (including phenoxy) is 1. The molecule has 0 saturated heterocycles. The first kappa shape index (κ1) is 20.9. The van der Waals surface area contributed by atoms with E-state index in [1.165, 1.54) is 0 Å². The number of benzene rings is 1. The molecule has 4 atom stereocenters. The fourth-order valence-electron chi connectivity index (χ4n) is 2.84. The summed E-state index contributed by atoms with van der Waals surface area (Å²) in [4.78, 5) is 23.6. The summed E-state index contributed by atoms with van der Waals surface area (Å²) < 4.78 is 23.4. The van der Waals surface area contributed by atoms with Crippen LogP contribution in [0.15, 0.2) is 43.0 Å². The Morgan fingerprint density at radius 2 is 2.15 bits per heavy atom. The van der Waals surface area contributed by atoms with Gasteiger partial charge in [-0.1, -0.05) is 36.4 Å². The molecule has 1 aliphatic rings. The van der Waals surface area contributed by atoms with Gasteiger partial charge in [0.25, 0.3) is 0 Å². The van der Waals surface area contributed by atoms with E-state index in [0.29, 0.717) is 6.42 Å². The van der Waals surface area contributed by atoms with Gasteiger partial charge in [-0.2, -0.15) is 0 Å². The summed E-state index contributed by atoms with van der Waals surface area (Å²) in [5.74, 6) is -1.58. The minimum atomic E-state index is -3.69. The molecule has 0 radical (unpaired) electrons. The molecule has 9 heteroatoms. The van der Waals surface area contributed by atoms with E-state index in [4.69, 9.17) is 14.4 Å². The third kappa shape index (κ3) is 4.47. The molecule has 4 unspecified atom stereocenters. The van der Waals surface area contributed by atoms with E-state index in [1.54, 1.807) is 13.0 Å². The van der Waals surface area contributed by atoms with Crippen molar-refractivity contribution >= 4 is 42.0 Å². The number of hydrogen-bond acceptors (Lipinski definition) is 5. The van der Waals surface area contributed by atoms with Gasteiger partial charge in [-0.25, -0.2) is 4.79 Å². The molecule has 1 saturated carbocycles. The molecule has 2 rings (SSSR count). The number of alkyl halides is 1. The maximum absolute atomic E-state index is 13.2. The van der Waals surface area contributed by atoms with Crippen LogP contribution in [0.2, 0.25) is 0 Å². The number of carbonyl (C=O) groups excluding carboxylic acids is 1. The van der Waals surface area contributed by atoms with Gasteiger partial charge in [-0.15, -0.1) is 6.58 Å². The zero-order valence-corrected chi connectivity index (χ0v) is 17.3. The van der Waals surface area contributed by atoms with Crippen molar-refractivity contribution in [1.82, 2.24) is 5.32 Å². The van der Waals surface area contributed by atoms with Crippen LogP contribution >= 0.6 is 30.0 Å². The highest BCUT2D eigenvalue weighted by Gasteiger charge is 2.67. The van der Waals surface area contributed by atoms with Gasteiger partial charge in [0.1, 0.15) is 11.4 Å². The highest BCUT2D eigenvalue weighted by Crippen LogP contribution is 2.72. The van der Waals surface area contributed by atoms with Crippen LogP contribution in [0.1, 0.15) is 23.0 Å². The lowest BCUT2D eigenvalue weighted by Gasteiger charge is -2.28. The van der Waals surface area contributed by atoms with Gasteiger partial charge < -0.3 is 19.7 Å². The summed E-state index contributed by atoms with van der Waals surface area (Å²) in [6.07, 6.45) is 0.403. The number of nitrogens with one attached hydrogen (secondary N) is 1. The first-order chi connectivity index (χ1) is 12.3. The van der Waals surface area contributed by atoms with Crippen LogP contribution in [0.5, 0.6) is 0 Å². The zero-order valence-electron chi connectivity index (χ0n) is 14.3. The van der Waals surface area contributed by atoms with Crippen molar-refractivity contribution in [1.29, 1.82) is 0 Å². The van der Waals surface area contributed by atoms with Gasteiger partial charge in [-0.05, 0) is 35.9 Å². The number of alkyl carbamates (subject to hydrolysis) is 1. The van der Waals surface area contributed by atoms with E-state index in [-0.39, 0.29) is 12.5 Å². The third-order valence-corrected chi connectivity index (χ3v) is 8.33. The minimum absolute atomic E-state index is 0.0752. The predicted octanol–water partition coefficient (Wildman–Crippen LogP) is 4.15. The molecule has 142 valence electrons. The van der Waals surface area contributed by atoms with Crippen LogP contribution in [-0.2, 0) is 18.6 Å². The average molecular weight is 493 g/mol. The second-order valence-electron chi connectivity index (χ2n) is 5.87. The Balaban J connectivity index is 2.16. The summed E-state index contributed by atoms with van der Waals surface area (Å²) >= 11 is 1.97. The number of carboxylic acid groups (broad SMARTS) is 1. The number of hydrogen-bond donors (Lipinski definition) is 2. The highest BCUT2D eigenvalue weighted by atomic mass is 127. The smallest absolute Gasteiger partial charge is 0.409 e. The molecule has 1 aliphatic carbocycles. The van der Waals surface area contributed by atoms with Crippen molar-refractivity contribution in [3.05, 3.63) is 48.6 Å². The Morgan fingerprint density at radius 3 is 2.65 bits per heavy atom. The number of amides is 1. The molecule has 0 bridgehead atoms. The Bertz CT molecular complexity index is 727. The monoisotopic (exact) mass is 493 g/mol. The molecule has 0 spiro atoms. The van der Waals surface area contributed by atoms with Gasteiger partial charge in [0.15, 0.2) is 4.11 Å². The molecule has 1 fully saturated rings. The zero-order chi connectivity index (χ0) is 19.4. The molecule has 0 heterocycles. The second-order valence-corrected chi connectivity index (χ2v) is 9.72. The third-order valence-electron chi connectivity index (χ3n) is 4.15. The second kappa shape index (κ2) is 8.54. The van der Waals surface area contributed by atoms with Gasteiger partial charge in [-0.3, -0.25) is 9.36 Å². The maximum atomic E-state index is 13.2. The maximum Gasteiger partial charge on any atom is 0.409 e. The lowest BCUT2D eigenvalue weighted by molar-refractivity contribution is -0.134. The Labute approximate surface area is 165 Å². The Kier molecular flexibility index (Phi) is 6.87. The first-order valence-electron chi connectivity index (χ1n) is 8.04. The van der Waals surface area contributed by atoms with Crippen LogP contribution in [-0.4, -0.2) is 35.2 Å². The molecule has 1 aromatic carbocycles. The Hall–Kier alpha value is -1.38. The minimum Gasteiger partial charge on any atom is -0.481 e. The number of halogens is 1. The average Bonchev–Trinajstić information content (AvgIpc) is 3.30. The molecule has 7 nitrogen and oxygen atoms in total. The van der Waals surface area contributed by atoms with Crippen LogP contribution in [0, 0.1) is 5.92 Å². The first-order valence-corrected chi connectivity index (χ1v) is 11.1. The van der Waals surface area contributed by atoms with Crippen molar-refractivity contribution in [3.8, 4) is 0 Å². The lowest BCUT2D eigenvalue weighted by Crippen LogP contribution is -2.40. The van der Waals surface area contributed by atoms with Crippen LogP contribution in [0.3, 0.4) is 0 Å². The molecule has 0 aromatic heterocycles. The van der Waals surface area contributed by atoms with E-state index < -0.39 is 35.0 Å². The lowest BCUT2D eigenvalue weighted by atomic mass is 10.2. The van der Waals surface area contributed by atoms with Crippen LogP contribution in [0.4, 0.5) is 4.79 Å². The van der Waals surface area contributed by atoms with Crippen LogP contribution in [0.25, 0.3) is 0 Å². The van der Waals surface area contributed by atoms with Crippen molar-refractivity contribution in [2.24, 2.45) is 5.92 Å². The van der Waals surface area contributed by atoms with Crippen LogP contribution < -0.4 is 5.32 Å². The number of carbonyl (C=O) groups is 2. The molecular weight excluding hydrogens is 472 g/mol. The summed E-state index contributed by atoms with van der Waals surface area (Å²) in [6, 6.07) is 9.15. The molecule has 0 aliphatic heterocycles. The predicted molar refractivity (Wildman–Crippen MR) is 106 cm³/mol. The van der Waals surface area contributed by atoms with E-state index in [9.17, 15) is 14.2 Å². The summed E-state index contributed by atoms with van der Waals surface area (Å²) in [5.41, 5.74) is 0.798. The fraction of sp³-hybridized carbons (Fsp3) is 0.412. The summed E-state index contributed by atoms with van der Waals surface area (Å²) in [5, 5.41) is 10.5. The van der Waals surface area contributed by atoms with Crippen molar-refractivity contribution < 1.29 is 28.5 Å². The van der Waals surface area contributed by atoms with Gasteiger partial charge in [0.2, 0.25) is 7.37 Å². The molecule has 1 aromatic rings. The number of aliphatic carboxylic acids is 1. The molecular formula is C17H21INO6P. The van der Waals surface area contributed by atoms with E-state index in [0.717, 1.165) is 5.56 Å². The topological polar surface area (TPSA) is 102 Å². The van der Waals surface area contributed by atoms with Crippen molar-refractivity contribution in [3.63, 3.8) is 0 Å².